The van der Waals surface area contributed by atoms with Crippen LogP contribution in [0, 0.1) is 6.92 Å². The monoisotopic (exact) mass is 489 g/mol. The van der Waals surface area contributed by atoms with E-state index in [1.54, 1.807) is 12.4 Å². The molecule has 1 aromatic carbocycles. The van der Waals surface area contributed by atoms with Crippen LogP contribution in [0.4, 0.5) is 0 Å². The summed E-state index contributed by atoms with van der Waals surface area (Å²) in [5.74, 6) is 1.07. The van der Waals surface area contributed by atoms with Gasteiger partial charge in [0.1, 0.15) is 11.5 Å². The number of rotatable bonds is 4. The zero-order chi connectivity index (χ0) is 24.2. The quantitative estimate of drug-likeness (QED) is 0.391. The van der Waals surface area contributed by atoms with Crippen LogP contribution in [0.5, 0.6) is 0 Å². The van der Waals surface area contributed by atoms with Gasteiger partial charge in [-0.25, -0.2) is 4.98 Å². The van der Waals surface area contributed by atoms with Crippen molar-refractivity contribution in [3.63, 3.8) is 0 Å². The maximum Gasteiger partial charge on any atom is 0.264 e. The number of hydrogen-bond acceptors (Lipinski definition) is 7. The van der Waals surface area contributed by atoms with Crippen molar-refractivity contribution in [1.82, 2.24) is 24.5 Å². The summed E-state index contributed by atoms with van der Waals surface area (Å²) in [5, 5.41) is 0. The Kier molecular flexibility index (Phi) is 5.23. The maximum atomic E-state index is 11.6. The van der Waals surface area contributed by atoms with Crippen molar-refractivity contribution in [2.75, 3.05) is 6.26 Å². The third-order valence-electron chi connectivity index (χ3n) is 7.33. The first-order valence-corrected chi connectivity index (χ1v) is 13.8. The predicted octanol–water partition coefficient (Wildman–Crippen LogP) is 4.42. The number of aryl methyl sites for hydroxylation is 1. The number of hydrogen-bond donors (Lipinski definition) is 0. The second-order valence-corrected chi connectivity index (χ2v) is 11.3. The minimum Gasteiger partial charge on any atom is -0.327 e. The van der Waals surface area contributed by atoms with Gasteiger partial charge in [0.15, 0.2) is 0 Å². The first-order valence-electron chi connectivity index (χ1n) is 12.0. The Bertz CT molecular complexity index is 1540. The molecule has 0 bridgehead atoms. The number of benzene rings is 1. The molecule has 1 aliphatic heterocycles. The number of imidazole rings is 1. The minimum absolute atomic E-state index is 0.0785. The molecule has 1 spiro atoms. The Balaban J connectivity index is 1.46. The van der Waals surface area contributed by atoms with Crippen molar-refractivity contribution < 1.29 is 12.6 Å². The van der Waals surface area contributed by atoms with Crippen molar-refractivity contribution in [3.8, 4) is 22.6 Å². The number of nitrogens with zero attached hydrogens (tertiary/aromatic N) is 5. The molecule has 1 saturated carbocycles. The molecule has 1 fully saturated rings. The van der Waals surface area contributed by atoms with Crippen molar-refractivity contribution >= 4 is 21.2 Å². The Morgan fingerprint density at radius 1 is 1.00 bits per heavy atom. The summed E-state index contributed by atoms with van der Waals surface area (Å²) in [6.07, 6.45) is 8.40. The van der Waals surface area contributed by atoms with Crippen LogP contribution < -0.4 is 0 Å². The Labute approximate surface area is 204 Å². The van der Waals surface area contributed by atoms with Gasteiger partial charge in [-0.05, 0) is 63.3 Å². The van der Waals surface area contributed by atoms with Gasteiger partial charge >= 0.3 is 0 Å². The van der Waals surface area contributed by atoms with Gasteiger partial charge in [-0.15, -0.1) is 0 Å². The maximum absolute atomic E-state index is 11.6. The number of aromatic nitrogens is 5. The van der Waals surface area contributed by atoms with Gasteiger partial charge < -0.3 is 4.57 Å². The standard InChI is InChI=1S/C26H27N5O3S/c1-17-4-3-5-21(29-17)23-24(18-6-7-20-22(16-18)28-14-13-27-20)31-15-12-26(25(31)30-23)10-8-19(9-11-26)34-35(2,32)33/h3-7,13-14,16,19H,8-12,15H2,1-2H3. The molecule has 1 aliphatic carbocycles. The van der Waals surface area contributed by atoms with Crippen LogP contribution in [0.15, 0.2) is 48.8 Å². The van der Waals surface area contributed by atoms with E-state index in [9.17, 15) is 8.42 Å². The third kappa shape index (κ3) is 4.02. The van der Waals surface area contributed by atoms with Gasteiger partial charge in [-0.1, -0.05) is 12.1 Å². The second kappa shape index (κ2) is 8.20. The molecule has 9 heteroatoms. The fourth-order valence-electron chi connectivity index (χ4n) is 5.73. The first-order chi connectivity index (χ1) is 16.8. The lowest BCUT2D eigenvalue weighted by Crippen LogP contribution is -2.34. The van der Waals surface area contributed by atoms with E-state index in [0.29, 0.717) is 12.8 Å². The SMILES string of the molecule is Cc1cccc(-c2nc3n(c2-c2ccc4nccnc4c2)CCC32CCC(OS(C)(=O)=O)CC2)n1. The zero-order valence-corrected chi connectivity index (χ0v) is 20.6. The fraction of sp³-hybridized carbons (Fsp3) is 0.385. The average molecular weight is 490 g/mol. The van der Waals surface area contributed by atoms with Crippen LogP contribution in [-0.2, 0) is 26.3 Å². The second-order valence-electron chi connectivity index (χ2n) is 9.74. The molecule has 0 N–H and O–H groups in total. The fourth-order valence-corrected chi connectivity index (χ4v) is 6.42. The molecular formula is C26H27N5O3S. The van der Waals surface area contributed by atoms with E-state index < -0.39 is 10.1 Å². The smallest absolute Gasteiger partial charge is 0.264 e. The van der Waals surface area contributed by atoms with Gasteiger partial charge in [0.05, 0.1) is 34.8 Å². The molecule has 0 unspecified atom stereocenters. The van der Waals surface area contributed by atoms with E-state index in [2.05, 4.69) is 26.7 Å². The van der Waals surface area contributed by atoms with E-state index in [4.69, 9.17) is 14.2 Å². The van der Waals surface area contributed by atoms with Crippen LogP contribution >= 0.6 is 0 Å². The summed E-state index contributed by atoms with van der Waals surface area (Å²) in [5.41, 5.74) is 6.39. The summed E-state index contributed by atoms with van der Waals surface area (Å²) in [6.45, 7) is 2.85. The van der Waals surface area contributed by atoms with Crippen molar-refractivity contribution in [2.24, 2.45) is 0 Å². The molecule has 4 heterocycles. The van der Waals surface area contributed by atoms with E-state index >= 15 is 0 Å². The minimum atomic E-state index is -3.46. The summed E-state index contributed by atoms with van der Waals surface area (Å²) in [4.78, 5) is 19.0. The van der Waals surface area contributed by atoms with E-state index in [1.165, 1.54) is 0 Å². The van der Waals surface area contributed by atoms with Crippen LogP contribution in [0.25, 0.3) is 33.7 Å². The van der Waals surface area contributed by atoms with Crippen LogP contribution in [-0.4, -0.2) is 45.3 Å². The lowest BCUT2D eigenvalue weighted by Gasteiger charge is -2.35. The van der Waals surface area contributed by atoms with Crippen LogP contribution in [0.2, 0.25) is 0 Å². The van der Waals surface area contributed by atoms with Gasteiger partial charge in [0.25, 0.3) is 10.1 Å². The molecule has 0 saturated heterocycles. The molecule has 0 radical (unpaired) electrons. The zero-order valence-electron chi connectivity index (χ0n) is 19.8. The third-order valence-corrected chi connectivity index (χ3v) is 7.95. The lowest BCUT2D eigenvalue weighted by atomic mass is 9.72. The highest BCUT2D eigenvalue weighted by atomic mass is 32.2. The summed E-state index contributed by atoms with van der Waals surface area (Å²) >= 11 is 0. The molecular weight excluding hydrogens is 462 g/mol. The van der Waals surface area contributed by atoms with E-state index in [-0.39, 0.29) is 11.5 Å². The summed E-state index contributed by atoms with van der Waals surface area (Å²) < 4.78 is 30.9. The van der Waals surface area contributed by atoms with Crippen LogP contribution in [0.1, 0.15) is 43.6 Å². The molecule has 6 rings (SSSR count). The molecule has 2 aliphatic rings. The first kappa shape index (κ1) is 22.3. The predicted molar refractivity (Wildman–Crippen MR) is 133 cm³/mol. The highest BCUT2D eigenvalue weighted by molar-refractivity contribution is 7.86. The molecule has 8 nitrogen and oxygen atoms in total. The van der Waals surface area contributed by atoms with E-state index in [0.717, 1.165) is 77.3 Å². The Hall–Kier alpha value is -3.17. The molecule has 180 valence electrons. The summed E-state index contributed by atoms with van der Waals surface area (Å²) in [6, 6.07) is 12.2. The molecule has 0 amide bonds. The number of fused-ring (bicyclic) bond motifs is 3. The van der Waals surface area contributed by atoms with Crippen molar-refractivity contribution in [3.05, 3.63) is 60.3 Å². The van der Waals surface area contributed by atoms with Crippen LogP contribution in [0.3, 0.4) is 0 Å². The highest BCUT2D eigenvalue weighted by Crippen LogP contribution is 2.50. The molecule has 4 aromatic rings. The number of pyridine rings is 1. The van der Waals surface area contributed by atoms with Gasteiger partial charge in [0, 0.05) is 35.6 Å². The molecule has 3 aromatic heterocycles. The van der Waals surface area contributed by atoms with Crippen molar-refractivity contribution in [1.29, 1.82) is 0 Å². The topological polar surface area (TPSA) is 99.9 Å². The largest absolute Gasteiger partial charge is 0.327 e. The molecule has 0 atom stereocenters. The van der Waals surface area contributed by atoms with Gasteiger partial charge in [-0.2, -0.15) is 8.42 Å². The Morgan fingerprint density at radius 2 is 1.77 bits per heavy atom. The average Bonchev–Trinajstić information content (AvgIpc) is 3.38. The van der Waals surface area contributed by atoms with Gasteiger partial charge in [0.2, 0.25) is 0 Å². The Morgan fingerprint density at radius 3 is 2.51 bits per heavy atom. The van der Waals surface area contributed by atoms with E-state index in [1.807, 2.05) is 31.2 Å². The van der Waals surface area contributed by atoms with Gasteiger partial charge in [-0.3, -0.25) is 19.1 Å². The highest BCUT2D eigenvalue weighted by Gasteiger charge is 2.46. The normalized spacial score (nSPS) is 22.1. The van der Waals surface area contributed by atoms with Crippen molar-refractivity contribution in [2.45, 2.75) is 57.1 Å². The lowest BCUT2D eigenvalue weighted by molar-refractivity contribution is 0.121. The summed E-state index contributed by atoms with van der Waals surface area (Å²) in [7, 11) is -3.46. The molecule has 35 heavy (non-hydrogen) atoms.